The fraction of sp³-hybridized carbons (Fsp3) is 0.444. The minimum absolute atomic E-state index is 0.173. The number of ether oxygens (including phenoxy) is 1. The van der Waals surface area contributed by atoms with Gasteiger partial charge in [0.15, 0.2) is 0 Å². The molecule has 1 fully saturated rings. The van der Waals surface area contributed by atoms with E-state index < -0.39 is 5.97 Å². The molecule has 1 aromatic carbocycles. The van der Waals surface area contributed by atoms with Gasteiger partial charge in [0.05, 0.1) is 24.1 Å². The van der Waals surface area contributed by atoms with E-state index in [2.05, 4.69) is 16.9 Å². The molecule has 0 bridgehead atoms. The van der Waals surface area contributed by atoms with Crippen molar-refractivity contribution in [1.29, 1.82) is 0 Å². The molecular weight excluding hydrogens is 306 g/mol. The summed E-state index contributed by atoms with van der Waals surface area (Å²) in [7, 11) is 0. The summed E-state index contributed by atoms with van der Waals surface area (Å²) in [6.45, 7) is 5.29. The summed E-state index contributed by atoms with van der Waals surface area (Å²) in [5.41, 5.74) is 0.979. The van der Waals surface area contributed by atoms with E-state index in [1.165, 1.54) is 31.8 Å². The van der Waals surface area contributed by atoms with Crippen LogP contribution in [0, 0.1) is 0 Å². The Bertz CT molecular complexity index is 681. The van der Waals surface area contributed by atoms with Gasteiger partial charge in [0.1, 0.15) is 5.75 Å². The number of aromatic nitrogens is 2. The van der Waals surface area contributed by atoms with Gasteiger partial charge in [-0.2, -0.15) is 5.10 Å². The minimum atomic E-state index is -0.978. The number of carboxylic acid groups (broad SMARTS) is 1. The summed E-state index contributed by atoms with van der Waals surface area (Å²) in [5.74, 6) is -0.160. The maximum atomic E-state index is 10.9. The average Bonchev–Trinajstić information content (AvgIpc) is 3.22. The quantitative estimate of drug-likeness (QED) is 0.791. The van der Waals surface area contributed by atoms with Crippen molar-refractivity contribution in [2.75, 3.05) is 19.7 Å². The standard InChI is InChI=1S/C18H23N3O3/c1-14-4-2-9-20(14)10-3-11-24-17-7-5-16(6-8-17)21-13-15(12-19-21)18(22)23/h5-8,12-14H,2-4,9-11H2,1H3,(H,22,23)/t14-/m1/s1. The molecule has 6 heteroatoms. The van der Waals surface area contributed by atoms with Crippen molar-refractivity contribution in [3.8, 4) is 11.4 Å². The normalized spacial score (nSPS) is 18.0. The highest BCUT2D eigenvalue weighted by molar-refractivity contribution is 5.86. The van der Waals surface area contributed by atoms with Crippen LogP contribution in [-0.4, -0.2) is 51.5 Å². The number of hydrogen-bond donors (Lipinski definition) is 1. The van der Waals surface area contributed by atoms with Crippen molar-refractivity contribution in [2.24, 2.45) is 0 Å². The second-order valence-electron chi connectivity index (χ2n) is 6.20. The molecule has 0 amide bonds. The van der Waals surface area contributed by atoms with E-state index in [1.807, 2.05) is 24.3 Å². The Morgan fingerprint density at radius 3 is 2.79 bits per heavy atom. The third-order valence-electron chi connectivity index (χ3n) is 4.48. The monoisotopic (exact) mass is 329 g/mol. The van der Waals surface area contributed by atoms with Crippen LogP contribution in [0.15, 0.2) is 36.7 Å². The smallest absolute Gasteiger partial charge is 0.338 e. The Labute approximate surface area is 141 Å². The maximum absolute atomic E-state index is 10.9. The fourth-order valence-corrected chi connectivity index (χ4v) is 3.05. The predicted molar refractivity (Wildman–Crippen MR) is 90.9 cm³/mol. The van der Waals surface area contributed by atoms with Crippen LogP contribution in [-0.2, 0) is 0 Å². The first-order valence-corrected chi connectivity index (χ1v) is 8.39. The Morgan fingerprint density at radius 2 is 2.17 bits per heavy atom. The molecule has 2 heterocycles. The lowest BCUT2D eigenvalue weighted by Crippen LogP contribution is -2.28. The highest BCUT2D eigenvalue weighted by Crippen LogP contribution is 2.18. The number of hydrogen-bond acceptors (Lipinski definition) is 4. The van der Waals surface area contributed by atoms with Crippen LogP contribution in [0.5, 0.6) is 5.75 Å². The van der Waals surface area contributed by atoms with E-state index in [0.717, 1.165) is 24.4 Å². The Hall–Kier alpha value is -2.34. The number of nitrogens with zero attached hydrogens (tertiary/aromatic N) is 3. The van der Waals surface area contributed by atoms with Gasteiger partial charge in [0.2, 0.25) is 0 Å². The number of carbonyl (C=O) groups is 1. The van der Waals surface area contributed by atoms with E-state index in [0.29, 0.717) is 12.6 Å². The number of benzene rings is 1. The summed E-state index contributed by atoms with van der Waals surface area (Å²) >= 11 is 0. The lowest BCUT2D eigenvalue weighted by molar-refractivity contribution is 0.0697. The number of likely N-dealkylation sites (tertiary alicyclic amines) is 1. The molecule has 1 N–H and O–H groups in total. The number of carboxylic acids is 1. The Balaban J connectivity index is 1.48. The van der Waals surface area contributed by atoms with E-state index in [9.17, 15) is 4.79 Å². The second kappa shape index (κ2) is 7.49. The average molecular weight is 329 g/mol. The maximum Gasteiger partial charge on any atom is 0.338 e. The molecule has 128 valence electrons. The van der Waals surface area contributed by atoms with Gasteiger partial charge in [-0.15, -0.1) is 0 Å². The van der Waals surface area contributed by atoms with Crippen LogP contribution in [0.25, 0.3) is 5.69 Å². The van der Waals surface area contributed by atoms with Crippen LogP contribution in [0.1, 0.15) is 36.5 Å². The molecule has 0 spiro atoms. The van der Waals surface area contributed by atoms with Gasteiger partial charge in [0.25, 0.3) is 0 Å². The molecule has 1 aliphatic rings. The van der Waals surface area contributed by atoms with E-state index in [1.54, 1.807) is 4.68 Å². The van der Waals surface area contributed by atoms with Crippen molar-refractivity contribution in [3.05, 3.63) is 42.2 Å². The topological polar surface area (TPSA) is 67.6 Å². The first-order chi connectivity index (χ1) is 11.6. The predicted octanol–water partition coefficient (Wildman–Crippen LogP) is 2.82. The lowest BCUT2D eigenvalue weighted by Gasteiger charge is -2.20. The van der Waals surface area contributed by atoms with Crippen molar-refractivity contribution in [2.45, 2.75) is 32.2 Å². The van der Waals surface area contributed by atoms with Gasteiger partial charge in [-0.1, -0.05) is 0 Å². The molecule has 6 nitrogen and oxygen atoms in total. The molecule has 0 radical (unpaired) electrons. The fourth-order valence-electron chi connectivity index (χ4n) is 3.05. The molecule has 1 aromatic heterocycles. The zero-order chi connectivity index (χ0) is 16.9. The summed E-state index contributed by atoms with van der Waals surface area (Å²) in [4.78, 5) is 13.4. The van der Waals surface area contributed by atoms with Crippen molar-refractivity contribution < 1.29 is 14.6 Å². The summed E-state index contributed by atoms with van der Waals surface area (Å²) in [6.07, 6.45) is 6.47. The van der Waals surface area contributed by atoms with E-state index >= 15 is 0 Å². The van der Waals surface area contributed by atoms with Crippen LogP contribution < -0.4 is 4.74 Å². The first-order valence-electron chi connectivity index (χ1n) is 8.39. The van der Waals surface area contributed by atoms with Crippen molar-refractivity contribution >= 4 is 5.97 Å². The SMILES string of the molecule is C[C@@H]1CCCN1CCCOc1ccc(-n2cc(C(=O)O)cn2)cc1. The number of rotatable bonds is 7. The second-order valence-corrected chi connectivity index (χ2v) is 6.20. The Kier molecular flexibility index (Phi) is 5.15. The van der Waals surface area contributed by atoms with Crippen molar-refractivity contribution in [3.63, 3.8) is 0 Å². The first kappa shape index (κ1) is 16.5. The molecule has 24 heavy (non-hydrogen) atoms. The largest absolute Gasteiger partial charge is 0.494 e. The van der Waals surface area contributed by atoms with Crippen LogP contribution in [0.4, 0.5) is 0 Å². The van der Waals surface area contributed by atoms with Crippen LogP contribution in [0.3, 0.4) is 0 Å². The molecule has 0 unspecified atom stereocenters. The molecule has 0 saturated carbocycles. The van der Waals surface area contributed by atoms with Gasteiger partial charge >= 0.3 is 5.97 Å². The van der Waals surface area contributed by atoms with Gasteiger partial charge in [-0.05, 0) is 57.0 Å². The van der Waals surface area contributed by atoms with Gasteiger partial charge < -0.3 is 14.7 Å². The summed E-state index contributed by atoms with van der Waals surface area (Å²) in [5, 5.41) is 13.0. The highest BCUT2D eigenvalue weighted by atomic mass is 16.5. The van der Waals surface area contributed by atoms with E-state index in [4.69, 9.17) is 9.84 Å². The third-order valence-corrected chi connectivity index (χ3v) is 4.48. The zero-order valence-electron chi connectivity index (χ0n) is 13.9. The molecule has 2 aromatic rings. The molecule has 3 rings (SSSR count). The van der Waals surface area contributed by atoms with Gasteiger partial charge in [-0.3, -0.25) is 0 Å². The van der Waals surface area contributed by atoms with Gasteiger partial charge in [-0.25, -0.2) is 9.48 Å². The molecule has 1 aliphatic heterocycles. The van der Waals surface area contributed by atoms with Crippen molar-refractivity contribution in [1.82, 2.24) is 14.7 Å². The zero-order valence-corrected chi connectivity index (χ0v) is 13.9. The molecular formula is C18H23N3O3. The highest BCUT2D eigenvalue weighted by Gasteiger charge is 2.19. The molecule has 1 saturated heterocycles. The van der Waals surface area contributed by atoms with E-state index in [-0.39, 0.29) is 5.56 Å². The van der Waals surface area contributed by atoms with Gasteiger partial charge in [0, 0.05) is 18.8 Å². The Morgan fingerprint density at radius 1 is 1.38 bits per heavy atom. The summed E-state index contributed by atoms with van der Waals surface area (Å²) < 4.78 is 7.33. The lowest BCUT2D eigenvalue weighted by atomic mass is 10.2. The molecule has 1 atom stereocenters. The third kappa shape index (κ3) is 3.94. The van der Waals surface area contributed by atoms with Crippen LogP contribution >= 0.6 is 0 Å². The van der Waals surface area contributed by atoms with Crippen LogP contribution in [0.2, 0.25) is 0 Å². The summed E-state index contributed by atoms with van der Waals surface area (Å²) in [6, 6.07) is 8.22. The molecule has 0 aliphatic carbocycles. The number of aromatic carboxylic acids is 1. The minimum Gasteiger partial charge on any atom is -0.494 e.